The van der Waals surface area contributed by atoms with Gasteiger partial charge in [-0.25, -0.2) is 9.97 Å². The molecule has 2 rings (SSSR count). The summed E-state index contributed by atoms with van der Waals surface area (Å²) in [5, 5.41) is 3.96. The predicted octanol–water partition coefficient (Wildman–Crippen LogP) is 2.98. The topological polar surface area (TPSA) is 41.1 Å². The van der Waals surface area contributed by atoms with E-state index in [4.69, 9.17) is 11.6 Å². The van der Waals surface area contributed by atoms with Crippen LogP contribution in [-0.2, 0) is 6.42 Å². The molecule has 106 valence electrons. The second kappa shape index (κ2) is 6.06. The summed E-state index contributed by atoms with van der Waals surface area (Å²) in [4.78, 5) is 11.0. The fourth-order valence-corrected chi connectivity index (χ4v) is 2.98. The Balaban J connectivity index is 2.07. The van der Waals surface area contributed by atoms with Gasteiger partial charge in [-0.15, -0.1) is 0 Å². The van der Waals surface area contributed by atoms with E-state index in [9.17, 15) is 0 Å². The van der Waals surface area contributed by atoms with Crippen LogP contribution in [0.2, 0.25) is 5.15 Å². The van der Waals surface area contributed by atoms with E-state index in [1.54, 1.807) is 6.07 Å². The van der Waals surface area contributed by atoms with Crippen molar-refractivity contribution in [3.8, 4) is 0 Å². The Morgan fingerprint density at radius 3 is 2.58 bits per heavy atom. The first kappa shape index (κ1) is 14.5. The van der Waals surface area contributed by atoms with Crippen molar-refractivity contribution in [2.45, 2.75) is 44.6 Å². The van der Waals surface area contributed by atoms with E-state index in [0.29, 0.717) is 5.15 Å². The van der Waals surface area contributed by atoms with Crippen molar-refractivity contribution in [3.05, 3.63) is 17.0 Å². The van der Waals surface area contributed by atoms with E-state index in [1.807, 2.05) is 6.92 Å². The highest BCUT2D eigenvalue weighted by Crippen LogP contribution is 2.33. The van der Waals surface area contributed by atoms with Crippen molar-refractivity contribution in [1.82, 2.24) is 14.9 Å². The summed E-state index contributed by atoms with van der Waals surface area (Å²) in [7, 11) is 4.33. The first-order valence-corrected chi connectivity index (χ1v) is 7.38. The number of likely N-dealkylation sites (N-methyl/N-ethyl adjacent to an activating group) is 1. The third kappa shape index (κ3) is 3.37. The fourth-order valence-electron chi connectivity index (χ4n) is 2.78. The van der Waals surface area contributed by atoms with Crippen molar-refractivity contribution >= 4 is 17.4 Å². The van der Waals surface area contributed by atoms with E-state index >= 15 is 0 Å². The van der Waals surface area contributed by atoms with Gasteiger partial charge in [0.15, 0.2) is 0 Å². The number of halogens is 1. The van der Waals surface area contributed by atoms with E-state index in [0.717, 1.165) is 24.6 Å². The molecule has 1 aliphatic carbocycles. The minimum atomic E-state index is 0.254. The van der Waals surface area contributed by atoms with Crippen LogP contribution in [-0.4, -0.2) is 41.0 Å². The lowest BCUT2D eigenvalue weighted by molar-refractivity contribution is 0.172. The molecule has 0 amide bonds. The van der Waals surface area contributed by atoms with Crippen LogP contribution in [0.3, 0.4) is 0 Å². The highest BCUT2D eigenvalue weighted by Gasteiger charge is 2.35. The molecule has 1 aromatic rings. The zero-order valence-corrected chi connectivity index (χ0v) is 12.8. The van der Waals surface area contributed by atoms with Gasteiger partial charge in [-0.2, -0.15) is 0 Å². The molecule has 5 heteroatoms. The third-order valence-corrected chi connectivity index (χ3v) is 4.33. The van der Waals surface area contributed by atoms with Gasteiger partial charge in [0.25, 0.3) is 0 Å². The molecule has 4 nitrogen and oxygen atoms in total. The molecule has 0 unspecified atom stereocenters. The highest BCUT2D eigenvalue weighted by molar-refractivity contribution is 6.29. The lowest BCUT2D eigenvalue weighted by atomic mass is 9.96. The van der Waals surface area contributed by atoms with Gasteiger partial charge in [0.2, 0.25) is 0 Å². The second-order valence-electron chi connectivity index (χ2n) is 5.53. The summed E-state index contributed by atoms with van der Waals surface area (Å²) >= 11 is 6.02. The molecule has 1 fully saturated rings. The molecule has 1 N–H and O–H groups in total. The van der Waals surface area contributed by atoms with E-state index in [1.165, 1.54) is 25.7 Å². The van der Waals surface area contributed by atoms with Gasteiger partial charge in [0.1, 0.15) is 16.8 Å². The second-order valence-corrected chi connectivity index (χ2v) is 5.91. The number of hydrogen-bond acceptors (Lipinski definition) is 4. The van der Waals surface area contributed by atoms with Gasteiger partial charge in [0.05, 0.1) is 0 Å². The van der Waals surface area contributed by atoms with Gasteiger partial charge in [0, 0.05) is 24.6 Å². The van der Waals surface area contributed by atoms with Gasteiger partial charge >= 0.3 is 0 Å². The van der Waals surface area contributed by atoms with Crippen LogP contribution < -0.4 is 5.32 Å². The van der Waals surface area contributed by atoms with Gasteiger partial charge < -0.3 is 10.2 Å². The molecule has 19 heavy (non-hydrogen) atoms. The maximum atomic E-state index is 6.02. The summed E-state index contributed by atoms with van der Waals surface area (Å²) < 4.78 is 0. The van der Waals surface area contributed by atoms with Crippen molar-refractivity contribution in [1.29, 1.82) is 0 Å². The van der Waals surface area contributed by atoms with E-state index in [2.05, 4.69) is 34.3 Å². The average Bonchev–Trinajstić information content (AvgIpc) is 2.86. The number of nitrogens with zero attached hydrogens (tertiary/aromatic N) is 3. The Morgan fingerprint density at radius 1 is 1.32 bits per heavy atom. The summed E-state index contributed by atoms with van der Waals surface area (Å²) in [6, 6.07) is 1.80. The minimum absolute atomic E-state index is 0.254. The van der Waals surface area contributed by atoms with Gasteiger partial charge in [-0.1, -0.05) is 31.4 Å². The number of hydrogen-bond donors (Lipinski definition) is 1. The number of anilines is 1. The first-order chi connectivity index (χ1) is 9.05. The monoisotopic (exact) mass is 282 g/mol. The van der Waals surface area contributed by atoms with Crippen LogP contribution in [0.25, 0.3) is 0 Å². The summed E-state index contributed by atoms with van der Waals surface area (Å²) in [5.74, 6) is 1.63. The zero-order chi connectivity index (χ0) is 13.9. The van der Waals surface area contributed by atoms with Crippen LogP contribution in [0, 0.1) is 0 Å². The minimum Gasteiger partial charge on any atom is -0.368 e. The molecule has 0 radical (unpaired) electrons. The van der Waals surface area contributed by atoms with Crippen LogP contribution in [0.4, 0.5) is 5.82 Å². The number of nitrogens with one attached hydrogen (secondary N) is 1. The lowest BCUT2D eigenvalue weighted by Crippen LogP contribution is -2.47. The standard InChI is InChI=1S/C14H23ClN4/c1-4-12-17-11(15)9-13(18-12)16-10-14(19(2)3)7-5-6-8-14/h9H,4-8,10H2,1-3H3,(H,16,17,18). The van der Waals surface area contributed by atoms with Gasteiger partial charge in [-0.05, 0) is 26.9 Å². The van der Waals surface area contributed by atoms with Crippen LogP contribution in [0.5, 0.6) is 0 Å². The summed E-state index contributed by atoms with van der Waals surface area (Å²) in [5.41, 5.74) is 0.254. The Labute approximate surface area is 120 Å². The molecular formula is C14H23ClN4. The quantitative estimate of drug-likeness (QED) is 0.843. The molecule has 0 bridgehead atoms. The summed E-state index contributed by atoms with van der Waals surface area (Å²) in [6.45, 7) is 2.95. The number of aryl methyl sites for hydroxylation is 1. The lowest BCUT2D eigenvalue weighted by Gasteiger charge is -2.36. The molecule has 1 saturated carbocycles. The molecular weight excluding hydrogens is 260 g/mol. The molecule has 1 heterocycles. The van der Waals surface area contributed by atoms with Crippen LogP contribution in [0.15, 0.2) is 6.07 Å². The maximum Gasteiger partial charge on any atom is 0.134 e. The molecule has 0 aliphatic heterocycles. The molecule has 1 aliphatic rings. The van der Waals surface area contributed by atoms with Crippen LogP contribution >= 0.6 is 11.6 Å². The van der Waals surface area contributed by atoms with E-state index in [-0.39, 0.29) is 5.54 Å². The van der Waals surface area contributed by atoms with Crippen molar-refractivity contribution in [2.24, 2.45) is 0 Å². The SMILES string of the molecule is CCc1nc(Cl)cc(NCC2(N(C)C)CCCC2)n1. The molecule has 0 aromatic carbocycles. The average molecular weight is 283 g/mol. The van der Waals surface area contributed by atoms with Crippen molar-refractivity contribution in [2.75, 3.05) is 26.0 Å². The highest BCUT2D eigenvalue weighted by atomic mass is 35.5. The van der Waals surface area contributed by atoms with E-state index < -0.39 is 0 Å². The maximum absolute atomic E-state index is 6.02. The smallest absolute Gasteiger partial charge is 0.134 e. The molecule has 0 spiro atoms. The third-order valence-electron chi connectivity index (χ3n) is 4.14. The summed E-state index contributed by atoms with van der Waals surface area (Å²) in [6.07, 6.45) is 5.90. The Morgan fingerprint density at radius 2 is 2.00 bits per heavy atom. The zero-order valence-electron chi connectivity index (χ0n) is 12.0. The Bertz CT molecular complexity index is 427. The predicted molar refractivity (Wildman–Crippen MR) is 79.8 cm³/mol. The van der Waals surface area contributed by atoms with Crippen molar-refractivity contribution in [3.63, 3.8) is 0 Å². The first-order valence-electron chi connectivity index (χ1n) is 7.00. The Kier molecular flexibility index (Phi) is 4.63. The number of rotatable bonds is 5. The largest absolute Gasteiger partial charge is 0.368 e. The fraction of sp³-hybridized carbons (Fsp3) is 0.714. The van der Waals surface area contributed by atoms with Crippen molar-refractivity contribution < 1.29 is 0 Å². The van der Waals surface area contributed by atoms with Crippen LogP contribution in [0.1, 0.15) is 38.4 Å². The molecule has 0 saturated heterocycles. The normalized spacial score (nSPS) is 17.9. The number of aromatic nitrogens is 2. The van der Waals surface area contributed by atoms with Gasteiger partial charge in [-0.3, -0.25) is 0 Å². The Hall–Kier alpha value is -0.870. The molecule has 0 atom stereocenters. The molecule has 1 aromatic heterocycles.